The minimum atomic E-state index is 0.123. The summed E-state index contributed by atoms with van der Waals surface area (Å²) in [6.45, 7) is 11.0. The molecule has 2 rings (SSSR count). The van der Waals surface area contributed by atoms with Gasteiger partial charge in [-0.2, -0.15) is 0 Å². The molecular formula is C22H34NO2+. The van der Waals surface area contributed by atoms with Crippen molar-refractivity contribution in [3.8, 4) is 11.5 Å². The first-order chi connectivity index (χ1) is 12.0. The van der Waals surface area contributed by atoms with E-state index in [0.29, 0.717) is 18.4 Å². The molecule has 2 unspecified atom stereocenters. The quantitative estimate of drug-likeness (QED) is 0.407. The first kappa shape index (κ1) is 19.6. The second-order valence-electron chi connectivity index (χ2n) is 7.36. The molecule has 0 radical (unpaired) electrons. The Bertz CT molecular complexity index is 633. The molecule has 0 amide bonds. The Kier molecular flexibility index (Phi) is 7.12. The van der Waals surface area contributed by atoms with Crippen LogP contribution in [0.1, 0.15) is 69.9 Å². The second-order valence-corrected chi connectivity index (χ2v) is 7.36. The fourth-order valence-electron chi connectivity index (χ4n) is 3.86. The van der Waals surface area contributed by atoms with Crippen molar-refractivity contribution in [2.45, 2.75) is 65.2 Å². The van der Waals surface area contributed by atoms with Crippen molar-refractivity contribution < 1.29 is 15.6 Å². The molecule has 25 heavy (non-hydrogen) atoms. The largest absolute Gasteiger partial charge is 0.507 e. The highest BCUT2D eigenvalue weighted by Gasteiger charge is 2.30. The summed E-state index contributed by atoms with van der Waals surface area (Å²) in [6.07, 6.45) is 8.95. The van der Waals surface area contributed by atoms with E-state index in [4.69, 9.17) is 4.74 Å². The summed E-state index contributed by atoms with van der Waals surface area (Å²) < 4.78 is 5.85. The average molecular weight is 345 g/mol. The van der Waals surface area contributed by atoms with E-state index in [2.05, 4.69) is 45.2 Å². The molecule has 3 heteroatoms. The van der Waals surface area contributed by atoms with E-state index in [1.807, 2.05) is 6.07 Å². The van der Waals surface area contributed by atoms with Crippen LogP contribution in [0, 0.1) is 5.92 Å². The summed E-state index contributed by atoms with van der Waals surface area (Å²) in [4.78, 5) is 0. The molecule has 4 N–H and O–H groups in total. The van der Waals surface area contributed by atoms with Crippen LogP contribution < -0.4 is 10.5 Å². The number of aryl methyl sites for hydroxylation is 1. The number of hydrogen-bond acceptors (Lipinski definition) is 2. The van der Waals surface area contributed by atoms with E-state index in [1.54, 1.807) is 0 Å². The Labute approximate surface area is 152 Å². The normalized spacial score (nSPS) is 20.2. The Morgan fingerprint density at radius 3 is 2.76 bits per heavy atom. The number of allylic oxidation sites excluding steroid dienone is 3. The summed E-state index contributed by atoms with van der Waals surface area (Å²) in [5, 5.41) is 10.8. The van der Waals surface area contributed by atoms with Crippen LogP contribution in [0.3, 0.4) is 0 Å². The Morgan fingerprint density at radius 2 is 2.12 bits per heavy atom. The van der Waals surface area contributed by atoms with Crippen molar-refractivity contribution in [3.05, 3.63) is 47.1 Å². The molecule has 3 nitrogen and oxygen atoms in total. The third-order valence-corrected chi connectivity index (χ3v) is 5.22. The van der Waals surface area contributed by atoms with E-state index >= 15 is 0 Å². The number of hydrogen-bond donors (Lipinski definition) is 2. The third kappa shape index (κ3) is 4.88. The zero-order valence-electron chi connectivity index (χ0n) is 16.1. The molecule has 1 aromatic rings. The van der Waals surface area contributed by atoms with Crippen molar-refractivity contribution in [1.29, 1.82) is 0 Å². The zero-order chi connectivity index (χ0) is 18.4. The first-order valence-corrected chi connectivity index (χ1v) is 9.58. The lowest BCUT2D eigenvalue weighted by Gasteiger charge is -2.32. The number of quaternary nitrogens is 1. The van der Waals surface area contributed by atoms with E-state index in [0.717, 1.165) is 42.6 Å². The van der Waals surface area contributed by atoms with Crippen molar-refractivity contribution in [3.63, 3.8) is 0 Å². The lowest BCUT2D eigenvalue weighted by Crippen LogP contribution is -2.53. The van der Waals surface area contributed by atoms with Crippen LogP contribution in [0.5, 0.6) is 11.5 Å². The molecular weight excluding hydrogens is 310 g/mol. The predicted molar refractivity (Wildman–Crippen MR) is 104 cm³/mol. The van der Waals surface area contributed by atoms with Crippen LogP contribution in [0.15, 0.2) is 35.9 Å². The van der Waals surface area contributed by atoms with Crippen LogP contribution in [0.2, 0.25) is 0 Å². The van der Waals surface area contributed by atoms with Gasteiger partial charge in [0.2, 0.25) is 6.73 Å². The molecule has 0 fully saturated rings. The van der Waals surface area contributed by atoms with Gasteiger partial charge in [0.25, 0.3) is 0 Å². The standard InChI is InChI=1S/C22H33NO2/c1-5-6-7-8-17-12-20(24)22(21(13-17)25-14-23)19-11-16(4)9-10-18(19)15(2)3/h11-13,18-19,24H,2,5-10,14,23H2,1,3-4H3/p+1. The Morgan fingerprint density at radius 1 is 1.36 bits per heavy atom. The number of phenolic OH excluding ortho intramolecular Hbond substituents is 1. The molecule has 138 valence electrons. The summed E-state index contributed by atoms with van der Waals surface area (Å²) >= 11 is 0. The van der Waals surface area contributed by atoms with E-state index < -0.39 is 0 Å². The minimum absolute atomic E-state index is 0.123. The van der Waals surface area contributed by atoms with Crippen molar-refractivity contribution in [2.75, 3.05) is 6.73 Å². The van der Waals surface area contributed by atoms with Crippen LogP contribution >= 0.6 is 0 Å². The van der Waals surface area contributed by atoms with Crippen LogP contribution in [0.25, 0.3) is 0 Å². The summed E-state index contributed by atoms with van der Waals surface area (Å²) in [6, 6.07) is 4.03. The molecule has 0 bridgehead atoms. The third-order valence-electron chi connectivity index (χ3n) is 5.22. The number of phenols is 1. The monoisotopic (exact) mass is 344 g/mol. The van der Waals surface area contributed by atoms with Gasteiger partial charge in [0.05, 0.1) is 0 Å². The lowest BCUT2D eigenvalue weighted by atomic mass is 9.73. The summed E-state index contributed by atoms with van der Waals surface area (Å²) in [5.74, 6) is 1.59. The van der Waals surface area contributed by atoms with Crippen molar-refractivity contribution in [2.24, 2.45) is 5.92 Å². The number of rotatable bonds is 8. The molecule has 1 aliphatic rings. The SMILES string of the molecule is C=C(C)C1CCC(C)=CC1c1c(O)cc(CCCCC)cc1OC[NH3+]. The highest BCUT2D eigenvalue weighted by atomic mass is 16.5. The molecule has 1 aromatic carbocycles. The second kappa shape index (κ2) is 9.10. The number of unbranched alkanes of at least 4 members (excludes halogenated alkanes) is 2. The number of benzene rings is 1. The van der Waals surface area contributed by atoms with Gasteiger partial charge < -0.3 is 15.6 Å². The van der Waals surface area contributed by atoms with Crippen LogP contribution in [-0.2, 0) is 6.42 Å². The van der Waals surface area contributed by atoms with Crippen molar-refractivity contribution >= 4 is 0 Å². The van der Waals surface area contributed by atoms with E-state index in [1.165, 1.54) is 24.0 Å². The van der Waals surface area contributed by atoms with Gasteiger partial charge in [-0.1, -0.05) is 43.6 Å². The maximum Gasteiger partial charge on any atom is 0.219 e. The van der Waals surface area contributed by atoms with Gasteiger partial charge in [0, 0.05) is 11.5 Å². The highest BCUT2D eigenvalue weighted by Crippen LogP contribution is 2.46. The maximum atomic E-state index is 10.8. The van der Waals surface area contributed by atoms with Gasteiger partial charge in [-0.15, -0.1) is 0 Å². The van der Waals surface area contributed by atoms with Gasteiger partial charge in [-0.05, 0) is 63.1 Å². The Hall–Kier alpha value is -1.74. The van der Waals surface area contributed by atoms with Crippen LogP contribution in [0.4, 0.5) is 0 Å². The number of ether oxygens (including phenoxy) is 1. The molecule has 0 saturated carbocycles. The minimum Gasteiger partial charge on any atom is -0.507 e. The molecule has 0 aliphatic heterocycles. The van der Waals surface area contributed by atoms with Crippen molar-refractivity contribution in [1.82, 2.24) is 0 Å². The van der Waals surface area contributed by atoms with E-state index in [9.17, 15) is 5.11 Å². The molecule has 0 heterocycles. The lowest BCUT2D eigenvalue weighted by molar-refractivity contribution is -0.413. The van der Waals surface area contributed by atoms with Gasteiger partial charge in [-0.3, -0.25) is 0 Å². The smallest absolute Gasteiger partial charge is 0.219 e. The highest BCUT2D eigenvalue weighted by molar-refractivity contribution is 5.52. The Balaban J connectivity index is 2.43. The summed E-state index contributed by atoms with van der Waals surface area (Å²) in [5.41, 5.74) is 8.41. The van der Waals surface area contributed by atoms with Gasteiger partial charge >= 0.3 is 0 Å². The molecule has 1 aliphatic carbocycles. The average Bonchev–Trinajstić information content (AvgIpc) is 2.55. The fraction of sp³-hybridized carbons (Fsp3) is 0.545. The van der Waals surface area contributed by atoms with Gasteiger partial charge in [0.1, 0.15) is 11.5 Å². The van der Waals surface area contributed by atoms with Gasteiger partial charge in [-0.25, -0.2) is 0 Å². The summed E-state index contributed by atoms with van der Waals surface area (Å²) in [7, 11) is 0. The molecule has 0 spiro atoms. The topological polar surface area (TPSA) is 57.1 Å². The first-order valence-electron chi connectivity index (χ1n) is 9.58. The van der Waals surface area contributed by atoms with E-state index in [-0.39, 0.29) is 5.92 Å². The fourth-order valence-corrected chi connectivity index (χ4v) is 3.86. The molecule has 0 aromatic heterocycles. The van der Waals surface area contributed by atoms with Gasteiger partial charge in [0.15, 0.2) is 0 Å². The van der Waals surface area contributed by atoms with Crippen LogP contribution in [-0.4, -0.2) is 11.8 Å². The predicted octanol–water partition coefficient (Wildman–Crippen LogP) is 4.72. The molecule has 0 saturated heterocycles. The maximum absolute atomic E-state index is 10.8. The molecule has 2 atom stereocenters. The number of aromatic hydroxyl groups is 1. The zero-order valence-corrected chi connectivity index (χ0v) is 16.1.